The summed E-state index contributed by atoms with van der Waals surface area (Å²) < 4.78 is 6.75. The predicted molar refractivity (Wildman–Crippen MR) is 146 cm³/mol. The third-order valence-corrected chi connectivity index (χ3v) is 7.31. The van der Waals surface area contributed by atoms with Crippen LogP contribution in [-0.4, -0.2) is 52.9 Å². The van der Waals surface area contributed by atoms with E-state index in [1.165, 1.54) is 12.0 Å². The van der Waals surface area contributed by atoms with Crippen molar-refractivity contribution in [3.63, 3.8) is 0 Å². The van der Waals surface area contributed by atoms with Crippen molar-refractivity contribution in [1.82, 2.24) is 14.7 Å². The maximum atomic E-state index is 12.6. The highest BCUT2D eigenvalue weighted by molar-refractivity contribution is 7.80. The zero-order valence-electron chi connectivity index (χ0n) is 20.1. The standard InChI is InChI=1S/C23H25Cl2N5O3S2/c1-11-17(22(32)33-6)20(35-19(11)21(31)29(4)5)27-23(34)26-18-12(2)28-30(13(18)3)10-14-7-8-15(24)9-16(14)25/h7-9H,10H2,1-6H3,(H2,26,27,34). The van der Waals surface area contributed by atoms with Gasteiger partial charge < -0.3 is 20.3 Å². The van der Waals surface area contributed by atoms with Crippen molar-refractivity contribution in [2.45, 2.75) is 27.3 Å². The fourth-order valence-corrected chi connectivity index (χ4v) is 5.41. The SMILES string of the molecule is COC(=O)c1c(NC(=S)Nc2c(C)nn(Cc3ccc(Cl)cc3Cl)c2C)sc(C(=O)N(C)C)c1C. The zero-order valence-corrected chi connectivity index (χ0v) is 23.2. The molecule has 0 fully saturated rings. The summed E-state index contributed by atoms with van der Waals surface area (Å²) in [4.78, 5) is 26.9. The summed E-state index contributed by atoms with van der Waals surface area (Å²) in [6, 6.07) is 5.34. The molecule has 2 N–H and O–H groups in total. The summed E-state index contributed by atoms with van der Waals surface area (Å²) in [5, 5.41) is 12.6. The smallest absolute Gasteiger partial charge is 0.341 e. The second kappa shape index (κ2) is 10.9. The van der Waals surface area contributed by atoms with Crippen molar-refractivity contribution in [2.24, 2.45) is 0 Å². The number of rotatable bonds is 6. The molecule has 0 spiro atoms. The van der Waals surface area contributed by atoms with Gasteiger partial charge in [-0.05, 0) is 56.2 Å². The molecule has 0 aliphatic rings. The maximum Gasteiger partial charge on any atom is 0.341 e. The topological polar surface area (TPSA) is 88.5 Å². The van der Waals surface area contributed by atoms with Gasteiger partial charge in [-0.25, -0.2) is 4.79 Å². The monoisotopic (exact) mass is 553 g/mol. The first-order valence-electron chi connectivity index (χ1n) is 10.4. The summed E-state index contributed by atoms with van der Waals surface area (Å²) in [6.07, 6.45) is 0. The van der Waals surface area contributed by atoms with Crippen molar-refractivity contribution in [3.8, 4) is 0 Å². The Balaban J connectivity index is 1.85. The number of methoxy groups -OCH3 is 1. The molecule has 12 heteroatoms. The van der Waals surface area contributed by atoms with Crippen LogP contribution >= 0.6 is 46.8 Å². The minimum atomic E-state index is -0.554. The number of carbonyl (C=O) groups excluding carboxylic acids is 2. The Morgan fingerprint density at radius 1 is 1.20 bits per heavy atom. The molecule has 8 nitrogen and oxygen atoms in total. The van der Waals surface area contributed by atoms with E-state index in [0.717, 1.165) is 34.0 Å². The normalized spacial score (nSPS) is 10.7. The Hall–Kier alpha value is -2.66. The largest absolute Gasteiger partial charge is 0.465 e. The lowest BCUT2D eigenvalue weighted by Crippen LogP contribution is -2.21. The number of thiophene rings is 1. The molecule has 0 radical (unpaired) electrons. The first kappa shape index (κ1) is 26.9. The van der Waals surface area contributed by atoms with Gasteiger partial charge in [0.25, 0.3) is 5.91 Å². The van der Waals surface area contributed by atoms with E-state index < -0.39 is 5.97 Å². The van der Waals surface area contributed by atoms with E-state index >= 15 is 0 Å². The third kappa shape index (κ3) is 5.78. The van der Waals surface area contributed by atoms with Crippen LogP contribution < -0.4 is 10.6 Å². The Kier molecular flexibility index (Phi) is 8.42. The fraction of sp³-hybridized carbons (Fsp3) is 0.304. The minimum absolute atomic E-state index is 0.210. The van der Waals surface area contributed by atoms with Gasteiger partial charge in [-0.2, -0.15) is 5.10 Å². The average Bonchev–Trinajstić information content (AvgIpc) is 3.25. The molecule has 0 saturated heterocycles. The highest BCUT2D eigenvalue weighted by atomic mass is 35.5. The van der Waals surface area contributed by atoms with Crippen LogP contribution in [0.1, 0.15) is 42.5 Å². The number of benzene rings is 1. The summed E-state index contributed by atoms with van der Waals surface area (Å²) in [5.41, 5.74) is 3.99. The van der Waals surface area contributed by atoms with E-state index in [2.05, 4.69) is 15.7 Å². The van der Waals surface area contributed by atoms with Crippen LogP contribution in [0.2, 0.25) is 10.0 Å². The molecule has 2 heterocycles. The van der Waals surface area contributed by atoms with E-state index in [1.54, 1.807) is 33.2 Å². The number of halogens is 2. The van der Waals surface area contributed by atoms with Crippen LogP contribution in [0.4, 0.5) is 10.7 Å². The molecular weight excluding hydrogens is 529 g/mol. The lowest BCUT2D eigenvalue weighted by Gasteiger charge is -2.12. The number of aryl methyl sites for hydroxylation is 1. The molecule has 1 aromatic carbocycles. The highest BCUT2D eigenvalue weighted by Crippen LogP contribution is 2.34. The zero-order chi connectivity index (χ0) is 26.0. The van der Waals surface area contributed by atoms with Crippen molar-refractivity contribution in [3.05, 3.63) is 61.2 Å². The van der Waals surface area contributed by atoms with E-state index in [1.807, 2.05) is 24.6 Å². The molecule has 0 saturated carbocycles. The Morgan fingerprint density at radius 2 is 1.89 bits per heavy atom. The minimum Gasteiger partial charge on any atom is -0.465 e. The molecule has 0 atom stereocenters. The van der Waals surface area contributed by atoms with Gasteiger partial charge in [-0.1, -0.05) is 29.3 Å². The quantitative estimate of drug-likeness (QED) is 0.306. The number of ether oxygens (including phenoxy) is 1. The maximum absolute atomic E-state index is 12.6. The number of thiocarbonyl (C=S) groups is 1. The molecule has 0 aliphatic heterocycles. The Bertz CT molecular complexity index is 1320. The van der Waals surface area contributed by atoms with Crippen molar-refractivity contribution >= 4 is 74.4 Å². The molecule has 1 amide bonds. The van der Waals surface area contributed by atoms with Crippen LogP contribution in [0.15, 0.2) is 18.2 Å². The van der Waals surface area contributed by atoms with Crippen LogP contribution in [0.5, 0.6) is 0 Å². The van der Waals surface area contributed by atoms with Crippen LogP contribution in [0.25, 0.3) is 0 Å². The number of aromatic nitrogens is 2. The van der Waals surface area contributed by atoms with Crippen LogP contribution in [0.3, 0.4) is 0 Å². The van der Waals surface area contributed by atoms with Gasteiger partial charge in [-0.3, -0.25) is 9.48 Å². The molecular formula is C23H25Cl2N5O3S2. The molecule has 0 aliphatic carbocycles. The summed E-state index contributed by atoms with van der Waals surface area (Å²) in [7, 11) is 4.60. The molecule has 3 rings (SSSR count). The van der Waals surface area contributed by atoms with Gasteiger partial charge in [0, 0.05) is 24.1 Å². The Morgan fingerprint density at radius 3 is 2.49 bits per heavy atom. The van der Waals surface area contributed by atoms with E-state index in [4.69, 9.17) is 40.2 Å². The summed E-state index contributed by atoms with van der Waals surface area (Å²) >= 11 is 19.0. The number of anilines is 2. The number of amides is 1. The van der Waals surface area contributed by atoms with Gasteiger partial charge in [0.1, 0.15) is 5.00 Å². The summed E-state index contributed by atoms with van der Waals surface area (Å²) in [5.74, 6) is -0.764. The molecule has 3 aromatic rings. The van der Waals surface area contributed by atoms with Gasteiger partial charge >= 0.3 is 5.97 Å². The number of carbonyl (C=O) groups is 2. The Labute approximate surface area is 223 Å². The molecule has 0 bridgehead atoms. The lowest BCUT2D eigenvalue weighted by molar-refractivity contribution is 0.0601. The number of hydrogen-bond acceptors (Lipinski definition) is 6. The molecule has 186 valence electrons. The number of nitrogens with one attached hydrogen (secondary N) is 2. The van der Waals surface area contributed by atoms with Gasteiger partial charge in [0.2, 0.25) is 0 Å². The fourth-order valence-electron chi connectivity index (χ4n) is 3.45. The van der Waals surface area contributed by atoms with E-state index in [9.17, 15) is 9.59 Å². The second-order valence-corrected chi connectivity index (χ2v) is 10.2. The van der Waals surface area contributed by atoms with E-state index in [-0.39, 0.29) is 16.6 Å². The first-order valence-corrected chi connectivity index (χ1v) is 12.4. The number of hydrogen-bond donors (Lipinski definition) is 2. The predicted octanol–water partition coefficient (Wildman–Crippen LogP) is 5.52. The van der Waals surface area contributed by atoms with E-state index in [0.29, 0.717) is 32.0 Å². The third-order valence-electron chi connectivity index (χ3n) is 5.32. The van der Waals surface area contributed by atoms with Crippen molar-refractivity contribution < 1.29 is 14.3 Å². The van der Waals surface area contributed by atoms with Crippen LogP contribution in [0, 0.1) is 20.8 Å². The second-order valence-electron chi connectivity index (χ2n) is 7.97. The number of nitrogens with zero attached hydrogens (tertiary/aromatic N) is 3. The highest BCUT2D eigenvalue weighted by Gasteiger charge is 2.27. The average molecular weight is 555 g/mol. The number of esters is 1. The van der Waals surface area contributed by atoms with Crippen molar-refractivity contribution in [1.29, 1.82) is 0 Å². The lowest BCUT2D eigenvalue weighted by atomic mass is 10.1. The molecule has 0 unspecified atom stereocenters. The first-order chi connectivity index (χ1) is 16.4. The van der Waals surface area contributed by atoms with Crippen molar-refractivity contribution in [2.75, 3.05) is 31.8 Å². The van der Waals surface area contributed by atoms with Gasteiger partial charge in [-0.15, -0.1) is 11.3 Å². The van der Waals surface area contributed by atoms with Gasteiger partial charge in [0.05, 0.1) is 41.2 Å². The van der Waals surface area contributed by atoms with Gasteiger partial charge in [0.15, 0.2) is 5.11 Å². The molecule has 2 aromatic heterocycles. The van der Waals surface area contributed by atoms with Crippen LogP contribution in [-0.2, 0) is 11.3 Å². The molecule has 35 heavy (non-hydrogen) atoms. The summed E-state index contributed by atoms with van der Waals surface area (Å²) in [6.45, 7) is 5.94.